The molecule has 0 radical (unpaired) electrons. The average Bonchev–Trinajstić information content (AvgIpc) is 2.69. The fourth-order valence-corrected chi connectivity index (χ4v) is 3.99. The van der Waals surface area contributed by atoms with Crippen molar-refractivity contribution < 1.29 is 0 Å². The highest BCUT2D eigenvalue weighted by Gasteiger charge is 2.17. The van der Waals surface area contributed by atoms with Crippen LogP contribution in [0.2, 0.25) is 0 Å². The van der Waals surface area contributed by atoms with Crippen LogP contribution in [0.5, 0.6) is 0 Å². The molecule has 0 amide bonds. The van der Waals surface area contributed by atoms with Crippen LogP contribution in [-0.4, -0.2) is 42.6 Å². The number of halogens is 3. The third-order valence-corrected chi connectivity index (χ3v) is 6.06. The lowest BCUT2D eigenvalue weighted by molar-refractivity contribution is 0.260. The number of benzene rings is 1. The van der Waals surface area contributed by atoms with E-state index in [0.717, 1.165) is 49.4 Å². The Morgan fingerprint density at radius 2 is 1.72 bits per heavy atom. The molecule has 1 aromatic carbocycles. The molecule has 1 aromatic heterocycles. The van der Waals surface area contributed by atoms with Crippen molar-refractivity contribution in [2.45, 2.75) is 46.0 Å². The molecule has 0 unspecified atom stereocenters. The Hall–Kier alpha value is -0.810. The number of pyridine rings is 1. The molecule has 0 spiro atoms. The topological polar surface area (TPSA) is 19.4 Å². The number of unbranched alkanes of at least 4 members (excludes halogenated alkanes) is 2. The number of aryl methyl sites for hydroxylation is 2. The van der Waals surface area contributed by atoms with Crippen molar-refractivity contribution >= 4 is 46.6 Å². The maximum absolute atomic E-state index is 4.53. The van der Waals surface area contributed by atoms with Gasteiger partial charge in [-0.05, 0) is 70.9 Å². The van der Waals surface area contributed by atoms with E-state index in [0.29, 0.717) is 0 Å². The molecule has 2 heterocycles. The molecule has 162 valence electrons. The highest BCUT2D eigenvalue weighted by Crippen LogP contribution is 2.18. The van der Waals surface area contributed by atoms with E-state index in [4.69, 9.17) is 0 Å². The monoisotopic (exact) mass is 501 g/mol. The molecule has 0 saturated carbocycles. The number of aromatic nitrogens is 1. The Kier molecular flexibility index (Phi) is 12.2. The van der Waals surface area contributed by atoms with Gasteiger partial charge in [-0.3, -0.25) is 4.90 Å². The molecule has 1 saturated heterocycles. The third-order valence-electron chi connectivity index (χ3n) is 5.59. The zero-order chi connectivity index (χ0) is 19.1. The minimum atomic E-state index is 0. The normalized spacial score (nSPS) is 14.2. The largest absolute Gasteiger partial charge is 0.354 e. The molecule has 1 fully saturated rings. The summed E-state index contributed by atoms with van der Waals surface area (Å²) in [6.07, 6.45) is 8.20. The fourth-order valence-electron chi connectivity index (χ4n) is 3.76. The van der Waals surface area contributed by atoms with Gasteiger partial charge in [0.25, 0.3) is 0 Å². The molecule has 0 N–H and O–H groups in total. The summed E-state index contributed by atoms with van der Waals surface area (Å²) >= 11 is 3.46. The van der Waals surface area contributed by atoms with Crippen LogP contribution in [0, 0.1) is 6.92 Å². The van der Waals surface area contributed by atoms with Gasteiger partial charge in [0.2, 0.25) is 0 Å². The number of hydrogen-bond donors (Lipinski definition) is 0. The van der Waals surface area contributed by atoms with Crippen molar-refractivity contribution in [3.8, 4) is 0 Å². The summed E-state index contributed by atoms with van der Waals surface area (Å²) in [6.45, 7) is 10.0. The molecule has 6 heteroatoms. The Labute approximate surface area is 197 Å². The van der Waals surface area contributed by atoms with Crippen molar-refractivity contribution in [2.75, 3.05) is 37.6 Å². The average molecular weight is 503 g/mol. The van der Waals surface area contributed by atoms with E-state index in [1.165, 1.54) is 36.8 Å². The molecule has 2 aromatic rings. The van der Waals surface area contributed by atoms with Gasteiger partial charge in [0.1, 0.15) is 5.82 Å². The van der Waals surface area contributed by atoms with Gasteiger partial charge >= 0.3 is 0 Å². The van der Waals surface area contributed by atoms with Crippen LogP contribution in [0.4, 0.5) is 5.82 Å². The highest BCUT2D eigenvalue weighted by molar-refractivity contribution is 9.10. The first-order valence-electron chi connectivity index (χ1n) is 10.3. The first-order chi connectivity index (χ1) is 13.2. The summed E-state index contributed by atoms with van der Waals surface area (Å²) < 4.78 is 1.04. The number of anilines is 1. The summed E-state index contributed by atoms with van der Waals surface area (Å²) in [6, 6.07) is 11.3. The van der Waals surface area contributed by atoms with Crippen molar-refractivity contribution in [1.29, 1.82) is 0 Å². The van der Waals surface area contributed by atoms with Gasteiger partial charge in [0, 0.05) is 43.4 Å². The van der Waals surface area contributed by atoms with Crippen molar-refractivity contribution in [3.63, 3.8) is 0 Å². The Morgan fingerprint density at radius 1 is 0.966 bits per heavy atom. The second-order valence-electron chi connectivity index (χ2n) is 7.63. The van der Waals surface area contributed by atoms with Crippen LogP contribution >= 0.6 is 40.7 Å². The van der Waals surface area contributed by atoms with E-state index in [2.05, 4.69) is 74.9 Å². The van der Waals surface area contributed by atoms with E-state index in [9.17, 15) is 0 Å². The first-order valence-corrected chi connectivity index (χ1v) is 11.1. The lowest BCUT2D eigenvalue weighted by atomic mass is 9.98. The van der Waals surface area contributed by atoms with Crippen LogP contribution < -0.4 is 4.90 Å². The maximum atomic E-state index is 4.53. The number of piperazine rings is 1. The predicted molar refractivity (Wildman–Crippen MR) is 133 cm³/mol. The van der Waals surface area contributed by atoms with Gasteiger partial charge in [-0.1, -0.05) is 38.0 Å². The number of hydrogen-bond acceptors (Lipinski definition) is 3. The summed E-state index contributed by atoms with van der Waals surface area (Å²) in [5, 5.41) is 0. The van der Waals surface area contributed by atoms with E-state index in [-0.39, 0.29) is 24.8 Å². The smallest absolute Gasteiger partial charge is 0.128 e. The van der Waals surface area contributed by atoms with E-state index < -0.39 is 0 Å². The van der Waals surface area contributed by atoms with E-state index in [1.54, 1.807) is 5.56 Å². The summed E-state index contributed by atoms with van der Waals surface area (Å²) in [5.41, 5.74) is 4.49. The molecule has 3 rings (SSSR count). The molecule has 0 aliphatic carbocycles. The molecule has 29 heavy (non-hydrogen) atoms. The third kappa shape index (κ3) is 8.09. The van der Waals surface area contributed by atoms with Crippen LogP contribution in [0.3, 0.4) is 0 Å². The summed E-state index contributed by atoms with van der Waals surface area (Å²) in [4.78, 5) is 9.51. The molecular weight excluding hydrogens is 469 g/mol. The van der Waals surface area contributed by atoms with Crippen molar-refractivity contribution in [3.05, 3.63) is 57.7 Å². The Balaban J connectivity index is 0.00000210. The van der Waals surface area contributed by atoms with Crippen LogP contribution in [0.15, 0.2) is 41.0 Å². The Morgan fingerprint density at radius 3 is 2.38 bits per heavy atom. The second kappa shape index (κ2) is 13.5. The minimum absolute atomic E-state index is 0. The van der Waals surface area contributed by atoms with Gasteiger partial charge in [-0.15, -0.1) is 24.8 Å². The lowest BCUT2D eigenvalue weighted by Gasteiger charge is -2.35. The lowest BCUT2D eigenvalue weighted by Crippen LogP contribution is -2.47. The zero-order valence-electron chi connectivity index (χ0n) is 17.6. The number of nitrogens with zero attached hydrogens (tertiary/aromatic N) is 3. The van der Waals surface area contributed by atoms with Gasteiger partial charge in [-0.2, -0.15) is 0 Å². The Bertz CT molecular complexity index is 717. The van der Waals surface area contributed by atoms with Crippen LogP contribution in [0.25, 0.3) is 0 Å². The zero-order valence-corrected chi connectivity index (χ0v) is 20.8. The standard InChI is InChI=1S/C23H32BrN3.2ClH/c1-3-4-5-6-21-17-20(8-7-19(21)2)11-12-26-13-15-27(16-14-26)23-10-9-22(24)18-25-23;;/h7-10,17-18H,3-6,11-16H2,1-2H3;2*1H. The molecule has 3 nitrogen and oxygen atoms in total. The molecule has 1 aliphatic heterocycles. The molecular formula is C23H34BrCl2N3. The van der Waals surface area contributed by atoms with E-state index >= 15 is 0 Å². The van der Waals surface area contributed by atoms with Crippen LogP contribution in [0.1, 0.15) is 42.9 Å². The SMILES string of the molecule is CCCCCc1cc(CCN2CCN(c3ccc(Br)cn3)CC2)ccc1C.Cl.Cl. The van der Waals surface area contributed by atoms with E-state index in [1.807, 2.05) is 6.20 Å². The quantitative estimate of drug-likeness (QED) is 0.407. The number of rotatable bonds is 8. The first kappa shape index (κ1) is 26.2. The van der Waals surface area contributed by atoms with Crippen molar-refractivity contribution in [1.82, 2.24) is 9.88 Å². The summed E-state index contributed by atoms with van der Waals surface area (Å²) in [7, 11) is 0. The fraction of sp³-hybridized carbons (Fsp3) is 0.522. The van der Waals surface area contributed by atoms with Gasteiger partial charge in [0.15, 0.2) is 0 Å². The van der Waals surface area contributed by atoms with Gasteiger partial charge in [-0.25, -0.2) is 4.98 Å². The molecule has 0 bridgehead atoms. The molecule has 1 aliphatic rings. The predicted octanol–water partition coefficient (Wildman–Crippen LogP) is 6.09. The highest BCUT2D eigenvalue weighted by atomic mass is 79.9. The van der Waals surface area contributed by atoms with Gasteiger partial charge in [0.05, 0.1) is 0 Å². The van der Waals surface area contributed by atoms with Crippen molar-refractivity contribution in [2.24, 2.45) is 0 Å². The maximum Gasteiger partial charge on any atom is 0.128 e. The minimum Gasteiger partial charge on any atom is -0.354 e. The van der Waals surface area contributed by atoms with Crippen LogP contribution in [-0.2, 0) is 12.8 Å². The summed E-state index contributed by atoms with van der Waals surface area (Å²) in [5.74, 6) is 1.09. The van der Waals surface area contributed by atoms with Gasteiger partial charge < -0.3 is 4.90 Å². The second-order valence-corrected chi connectivity index (χ2v) is 8.55. The molecule has 0 atom stereocenters.